The van der Waals surface area contributed by atoms with Gasteiger partial charge in [0.15, 0.2) is 5.13 Å². The average molecular weight is 212 g/mol. The van der Waals surface area contributed by atoms with Crippen molar-refractivity contribution in [3.05, 3.63) is 11.1 Å². The minimum absolute atomic E-state index is 0.318. The van der Waals surface area contributed by atoms with Gasteiger partial charge in [-0.3, -0.25) is 0 Å². The van der Waals surface area contributed by atoms with Gasteiger partial charge in [-0.2, -0.15) is 0 Å². The van der Waals surface area contributed by atoms with Gasteiger partial charge in [0.2, 0.25) is 0 Å². The van der Waals surface area contributed by atoms with E-state index in [4.69, 9.17) is 4.74 Å². The lowest BCUT2D eigenvalue weighted by Crippen LogP contribution is -2.45. The minimum atomic E-state index is 0.318. The van der Waals surface area contributed by atoms with Gasteiger partial charge in [0.25, 0.3) is 0 Å². The topological polar surface area (TPSA) is 34.2 Å². The van der Waals surface area contributed by atoms with E-state index in [2.05, 4.69) is 24.1 Å². The Labute approximate surface area is 88.5 Å². The Morgan fingerprint density at radius 1 is 1.64 bits per heavy atom. The van der Waals surface area contributed by atoms with E-state index in [1.54, 1.807) is 11.3 Å². The average Bonchev–Trinajstić information content (AvgIpc) is 2.59. The maximum atomic E-state index is 5.20. The van der Waals surface area contributed by atoms with E-state index >= 15 is 0 Å². The second kappa shape index (κ2) is 3.87. The summed E-state index contributed by atoms with van der Waals surface area (Å²) in [6.07, 6.45) is 3.02. The van der Waals surface area contributed by atoms with Gasteiger partial charge in [-0.1, -0.05) is 13.8 Å². The van der Waals surface area contributed by atoms with Gasteiger partial charge < -0.3 is 10.1 Å². The Morgan fingerprint density at radius 3 is 2.93 bits per heavy atom. The zero-order valence-electron chi connectivity index (χ0n) is 8.67. The summed E-state index contributed by atoms with van der Waals surface area (Å²) in [5.74, 6) is 0. The fraction of sp³-hybridized carbons (Fsp3) is 0.700. The summed E-state index contributed by atoms with van der Waals surface area (Å²) in [7, 11) is 0. The van der Waals surface area contributed by atoms with Gasteiger partial charge in [0.1, 0.15) is 0 Å². The third-order valence-corrected chi connectivity index (χ3v) is 3.57. The van der Waals surface area contributed by atoms with Crippen LogP contribution in [0.1, 0.15) is 18.7 Å². The van der Waals surface area contributed by atoms with Crippen LogP contribution in [0.2, 0.25) is 0 Å². The molecule has 0 amide bonds. The second-order valence-electron chi connectivity index (χ2n) is 4.14. The van der Waals surface area contributed by atoms with Gasteiger partial charge in [0, 0.05) is 23.0 Å². The summed E-state index contributed by atoms with van der Waals surface area (Å²) in [5.41, 5.74) is 0.318. The number of nitrogens with zero attached hydrogens (tertiary/aromatic N) is 1. The van der Waals surface area contributed by atoms with E-state index in [1.807, 2.05) is 6.20 Å². The number of anilines is 1. The molecule has 1 aromatic heterocycles. The second-order valence-corrected chi connectivity index (χ2v) is 5.26. The van der Waals surface area contributed by atoms with Crippen molar-refractivity contribution in [1.82, 2.24) is 4.98 Å². The summed E-state index contributed by atoms with van der Waals surface area (Å²) in [6, 6.07) is 0. The molecule has 78 valence electrons. The molecule has 0 saturated carbocycles. The molecule has 0 radical (unpaired) electrons. The minimum Gasteiger partial charge on any atom is -0.380 e. The van der Waals surface area contributed by atoms with E-state index in [0.29, 0.717) is 5.41 Å². The number of ether oxygens (including phenoxy) is 1. The number of nitrogens with one attached hydrogen (secondary N) is 1. The number of aromatic nitrogens is 1. The number of rotatable bonds is 4. The highest BCUT2D eigenvalue weighted by molar-refractivity contribution is 7.15. The van der Waals surface area contributed by atoms with Crippen LogP contribution in [-0.2, 0) is 11.2 Å². The summed E-state index contributed by atoms with van der Waals surface area (Å²) in [4.78, 5) is 5.65. The maximum Gasteiger partial charge on any atom is 0.182 e. The highest BCUT2D eigenvalue weighted by atomic mass is 32.1. The molecule has 2 heterocycles. The lowest BCUT2D eigenvalue weighted by Gasteiger charge is -2.37. The van der Waals surface area contributed by atoms with Gasteiger partial charge in [-0.05, 0) is 6.42 Å². The van der Waals surface area contributed by atoms with Crippen LogP contribution in [-0.4, -0.2) is 24.7 Å². The molecule has 1 aliphatic rings. The molecule has 1 aromatic rings. The molecular formula is C10H16N2OS. The van der Waals surface area contributed by atoms with Gasteiger partial charge >= 0.3 is 0 Å². The van der Waals surface area contributed by atoms with Crippen LogP contribution < -0.4 is 5.32 Å². The Bertz CT molecular complexity index is 307. The van der Waals surface area contributed by atoms with E-state index in [1.165, 1.54) is 4.88 Å². The zero-order valence-corrected chi connectivity index (χ0v) is 9.49. The Balaban J connectivity index is 1.85. The predicted molar refractivity (Wildman–Crippen MR) is 58.9 cm³/mol. The van der Waals surface area contributed by atoms with E-state index < -0.39 is 0 Å². The normalized spacial score (nSPS) is 19.0. The van der Waals surface area contributed by atoms with Crippen LogP contribution in [0.4, 0.5) is 5.13 Å². The SMILES string of the molecule is CCc1cnc(NCC2(C)COC2)s1. The van der Waals surface area contributed by atoms with E-state index in [0.717, 1.165) is 31.3 Å². The Hall–Kier alpha value is -0.610. The fourth-order valence-corrected chi connectivity index (χ4v) is 2.14. The van der Waals surface area contributed by atoms with Crippen molar-refractivity contribution in [2.24, 2.45) is 5.41 Å². The van der Waals surface area contributed by atoms with Crippen molar-refractivity contribution in [3.63, 3.8) is 0 Å². The highest BCUT2D eigenvalue weighted by Gasteiger charge is 2.33. The molecule has 0 unspecified atom stereocenters. The molecule has 1 N–H and O–H groups in total. The van der Waals surface area contributed by atoms with Crippen molar-refractivity contribution >= 4 is 16.5 Å². The van der Waals surface area contributed by atoms with Crippen molar-refractivity contribution in [1.29, 1.82) is 0 Å². The molecule has 1 aliphatic heterocycles. The zero-order chi connectivity index (χ0) is 10.0. The first-order valence-corrected chi connectivity index (χ1v) is 5.80. The molecule has 1 saturated heterocycles. The molecule has 1 fully saturated rings. The largest absolute Gasteiger partial charge is 0.380 e. The molecule has 0 atom stereocenters. The molecule has 14 heavy (non-hydrogen) atoms. The summed E-state index contributed by atoms with van der Waals surface area (Å²) in [6.45, 7) is 7.08. The molecule has 0 bridgehead atoms. The van der Waals surface area contributed by atoms with Crippen LogP contribution in [0, 0.1) is 5.41 Å². The first-order valence-electron chi connectivity index (χ1n) is 4.98. The third-order valence-electron chi connectivity index (χ3n) is 2.47. The van der Waals surface area contributed by atoms with Crippen LogP contribution in [0.25, 0.3) is 0 Å². The van der Waals surface area contributed by atoms with E-state index in [9.17, 15) is 0 Å². The first-order chi connectivity index (χ1) is 6.72. The van der Waals surface area contributed by atoms with Crippen molar-refractivity contribution in [2.75, 3.05) is 25.1 Å². The highest BCUT2D eigenvalue weighted by Crippen LogP contribution is 2.27. The van der Waals surface area contributed by atoms with Gasteiger partial charge in [-0.15, -0.1) is 11.3 Å². The number of hydrogen-bond donors (Lipinski definition) is 1. The third kappa shape index (κ3) is 2.07. The van der Waals surface area contributed by atoms with Crippen molar-refractivity contribution in [2.45, 2.75) is 20.3 Å². The van der Waals surface area contributed by atoms with Crippen LogP contribution in [0.5, 0.6) is 0 Å². The van der Waals surface area contributed by atoms with Crippen molar-refractivity contribution in [3.8, 4) is 0 Å². The Morgan fingerprint density at radius 2 is 2.43 bits per heavy atom. The van der Waals surface area contributed by atoms with Crippen LogP contribution in [0.15, 0.2) is 6.20 Å². The lowest BCUT2D eigenvalue weighted by atomic mass is 9.89. The summed E-state index contributed by atoms with van der Waals surface area (Å²) < 4.78 is 5.20. The number of hydrogen-bond acceptors (Lipinski definition) is 4. The maximum absolute atomic E-state index is 5.20. The van der Waals surface area contributed by atoms with Gasteiger partial charge in [-0.25, -0.2) is 4.98 Å². The first kappa shape index (κ1) is 9.93. The summed E-state index contributed by atoms with van der Waals surface area (Å²) in [5, 5.41) is 4.41. The van der Waals surface area contributed by atoms with Crippen molar-refractivity contribution < 1.29 is 4.74 Å². The standard InChI is InChI=1S/C10H16N2OS/c1-3-8-4-11-9(14-8)12-5-10(2)6-13-7-10/h4H,3,5-7H2,1-2H3,(H,11,12). The molecule has 4 heteroatoms. The molecule has 3 nitrogen and oxygen atoms in total. The quantitative estimate of drug-likeness (QED) is 0.830. The number of thiazole rings is 1. The Kier molecular flexibility index (Phi) is 2.74. The lowest BCUT2D eigenvalue weighted by molar-refractivity contribution is -0.0924. The summed E-state index contributed by atoms with van der Waals surface area (Å²) >= 11 is 1.75. The van der Waals surface area contributed by atoms with Crippen LogP contribution in [0.3, 0.4) is 0 Å². The molecule has 2 rings (SSSR count). The molecule has 0 spiro atoms. The van der Waals surface area contributed by atoms with E-state index in [-0.39, 0.29) is 0 Å². The monoisotopic (exact) mass is 212 g/mol. The molecule has 0 aliphatic carbocycles. The predicted octanol–water partition coefficient (Wildman–Crippen LogP) is 2.15. The van der Waals surface area contributed by atoms with Crippen LogP contribution >= 0.6 is 11.3 Å². The number of aryl methyl sites for hydroxylation is 1. The molecule has 0 aromatic carbocycles. The smallest absolute Gasteiger partial charge is 0.182 e. The fourth-order valence-electron chi connectivity index (χ4n) is 1.39. The van der Waals surface area contributed by atoms with Gasteiger partial charge in [0.05, 0.1) is 13.2 Å². The molecular weight excluding hydrogens is 196 g/mol.